The number of carbonyl (C=O) groups is 1. The molecule has 0 aliphatic carbocycles. The number of phenols is 1. The van der Waals surface area contributed by atoms with E-state index in [1.165, 1.54) is 12.1 Å². The summed E-state index contributed by atoms with van der Waals surface area (Å²) in [6.07, 6.45) is 2.38. The number of nitrogens with one attached hydrogen (secondary N) is 2. The van der Waals surface area contributed by atoms with Gasteiger partial charge < -0.3 is 19.8 Å². The average molecular weight is 418 g/mol. The van der Waals surface area contributed by atoms with Gasteiger partial charge in [0, 0.05) is 5.92 Å². The molecule has 2 fully saturated rings. The minimum Gasteiger partial charge on any atom is -0.506 e. The first-order chi connectivity index (χ1) is 12.8. The van der Waals surface area contributed by atoms with E-state index in [0.717, 1.165) is 30.2 Å². The summed E-state index contributed by atoms with van der Waals surface area (Å²) in [6.45, 7) is 1.53. The van der Waals surface area contributed by atoms with E-state index in [4.69, 9.17) is 0 Å². The highest BCUT2D eigenvalue weighted by atomic mass is 32.2. The number of nitrogens with zero attached hydrogens (tertiary/aromatic N) is 1. The largest absolute Gasteiger partial charge is 0.506 e. The van der Waals surface area contributed by atoms with Gasteiger partial charge >= 0.3 is 10.2 Å². The topological polar surface area (TPSA) is 136 Å². The molecule has 2 aliphatic rings. The Balaban J connectivity index is 1.90. The highest BCUT2D eigenvalue weighted by Gasteiger charge is 2.37. The number of piperidine rings is 1. The van der Waals surface area contributed by atoms with Gasteiger partial charge in [-0.05, 0) is 49.5 Å². The van der Waals surface area contributed by atoms with Gasteiger partial charge in [0.25, 0.3) is 0 Å². The van der Waals surface area contributed by atoms with Crippen LogP contribution in [0.4, 0.5) is 5.69 Å². The van der Waals surface area contributed by atoms with Crippen LogP contribution in [0.2, 0.25) is 0 Å². The van der Waals surface area contributed by atoms with Gasteiger partial charge in [0.05, 0.1) is 24.0 Å². The summed E-state index contributed by atoms with van der Waals surface area (Å²) in [4.78, 5) is 10.9. The van der Waals surface area contributed by atoms with Gasteiger partial charge in [-0.25, -0.2) is 4.21 Å². The molecule has 0 radical (unpaired) electrons. The second-order valence-electron chi connectivity index (χ2n) is 6.85. The zero-order valence-electron chi connectivity index (χ0n) is 14.6. The summed E-state index contributed by atoms with van der Waals surface area (Å²) in [5.41, 5.74) is 0.755. The first-order valence-corrected chi connectivity index (χ1v) is 11.4. The van der Waals surface area contributed by atoms with E-state index in [1.54, 1.807) is 6.07 Å². The SMILES string of the molecule is O=CC1CN(c2ccc(C(CS(=O)O)C3CCCNC3)cc2O)S(=O)(=O)N1. The Morgan fingerprint density at radius 3 is 2.74 bits per heavy atom. The van der Waals surface area contributed by atoms with Gasteiger partial charge in [-0.3, -0.25) is 4.31 Å². The number of benzene rings is 1. The van der Waals surface area contributed by atoms with Gasteiger partial charge in [-0.15, -0.1) is 0 Å². The third-order valence-electron chi connectivity index (χ3n) is 5.04. The van der Waals surface area contributed by atoms with Crippen LogP contribution in [-0.2, 0) is 26.1 Å². The predicted octanol–water partition coefficient (Wildman–Crippen LogP) is -0.0810. The van der Waals surface area contributed by atoms with E-state index >= 15 is 0 Å². The Morgan fingerprint density at radius 2 is 2.19 bits per heavy atom. The van der Waals surface area contributed by atoms with Crippen LogP contribution in [0.25, 0.3) is 0 Å². The highest BCUT2D eigenvalue weighted by molar-refractivity contribution is 7.91. The maximum absolute atomic E-state index is 12.2. The quantitative estimate of drug-likeness (QED) is 0.375. The molecule has 1 aromatic carbocycles. The first kappa shape index (κ1) is 20.2. The van der Waals surface area contributed by atoms with Crippen molar-refractivity contribution < 1.29 is 27.1 Å². The van der Waals surface area contributed by atoms with Crippen molar-refractivity contribution in [1.29, 1.82) is 0 Å². The number of aldehydes is 1. The molecule has 0 spiro atoms. The molecule has 4 unspecified atom stereocenters. The molecule has 4 N–H and O–H groups in total. The van der Waals surface area contributed by atoms with Gasteiger partial charge in [-0.1, -0.05) is 6.07 Å². The molecule has 1 aromatic rings. The van der Waals surface area contributed by atoms with Crippen LogP contribution >= 0.6 is 0 Å². The zero-order valence-corrected chi connectivity index (χ0v) is 16.2. The smallest absolute Gasteiger partial charge is 0.302 e. The molecule has 2 saturated heterocycles. The van der Waals surface area contributed by atoms with E-state index in [2.05, 4.69) is 10.0 Å². The van der Waals surface area contributed by atoms with E-state index in [-0.39, 0.29) is 35.6 Å². The lowest BCUT2D eigenvalue weighted by molar-refractivity contribution is -0.108. The minimum absolute atomic E-state index is 0.0436. The van der Waals surface area contributed by atoms with E-state index in [9.17, 15) is 27.1 Å². The first-order valence-electron chi connectivity index (χ1n) is 8.68. The van der Waals surface area contributed by atoms with Crippen molar-refractivity contribution >= 4 is 33.3 Å². The molecule has 27 heavy (non-hydrogen) atoms. The maximum Gasteiger partial charge on any atom is 0.302 e. The number of rotatable bonds is 6. The Labute approximate surface area is 160 Å². The molecule has 4 atom stereocenters. The van der Waals surface area contributed by atoms with Crippen molar-refractivity contribution in [3.8, 4) is 5.75 Å². The van der Waals surface area contributed by atoms with Crippen LogP contribution in [0.15, 0.2) is 18.2 Å². The fourth-order valence-electron chi connectivity index (χ4n) is 3.73. The molecule has 0 aromatic heterocycles. The molecule has 2 heterocycles. The van der Waals surface area contributed by atoms with Crippen molar-refractivity contribution in [3.63, 3.8) is 0 Å². The monoisotopic (exact) mass is 417 g/mol. The summed E-state index contributed by atoms with van der Waals surface area (Å²) < 4.78 is 48.3. The van der Waals surface area contributed by atoms with Crippen LogP contribution in [-0.4, -0.2) is 60.0 Å². The summed E-state index contributed by atoms with van der Waals surface area (Å²) >= 11 is -1.99. The van der Waals surface area contributed by atoms with Crippen LogP contribution in [0.5, 0.6) is 5.75 Å². The lowest BCUT2D eigenvalue weighted by Gasteiger charge is -2.31. The number of phenolic OH excluding ortho intramolecular Hbond substituents is 1. The molecule has 0 saturated carbocycles. The molecule has 150 valence electrons. The number of aromatic hydroxyl groups is 1. The van der Waals surface area contributed by atoms with E-state index in [0.29, 0.717) is 11.8 Å². The standard InChI is InChI=1S/C16H23N3O6S2/c20-9-13-8-19(27(24,25)18-13)15-4-3-11(6-16(15)21)14(10-26(22)23)12-2-1-5-17-7-12/h3-4,6,9,12-14,17-18,21H,1-2,5,7-8,10H2,(H,22,23). The Morgan fingerprint density at radius 1 is 1.41 bits per heavy atom. The Hall–Kier alpha value is -1.53. The maximum atomic E-state index is 12.2. The number of carbonyl (C=O) groups excluding carboxylic acids is 1. The van der Waals surface area contributed by atoms with Crippen LogP contribution in [0.1, 0.15) is 24.3 Å². The summed E-state index contributed by atoms with van der Waals surface area (Å²) in [5.74, 6) is -0.291. The summed E-state index contributed by atoms with van der Waals surface area (Å²) in [7, 11) is -3.90. The molecular weight excluding hydrogens is 394 g/mol. The third kappa shape index (κ3) is 4.49. The van der Waals surface area contributed by atoms with Crippen molar-refractivity contribution in [1.82, 2.24) is 10.0 Å². The summed E-state index contributed by atoms with van der Waals surface area (Å²) in [5, 5.41) is 13.7. The van der Waals surface area contributed by atoms with Gasteiger partial charge in [0.15, 0.2) is 11.1 Å². The Bertz CT molecular complexity index is 825. The molecule has 3 rings (SSSR count). The van der Waals surface area contributed by atoms with E-state index < -0.39 is 27.3 Å². The van der Waals surface area contributed by atoms with E-state index in [1.807, 2.05) is 0 Å². The van der Waals surface area contributed by atoms with Crippen molar-refractivity contribution in [2.75, 3.05) is 29.7 Å². The normalized spacial score (nSPS) is 27.2. The van der Waals surface area contributed by atoms with Gasteiger partial charge in [-0.2, -0.15) is 13.1 Å². The number of hydrogen-bond donors (Lipinski definition) is 4. The van der Waals surface area contributed by atoms with Crippen molar-refractivity contribution in [3.05, 3.63) is 23.8 Å². The van der Waals surface area contributed by atoms with Gasteiger partial charge in [0.1, 0.15) is 12.0 Å². The van der Waals surface area contributed by atoms with Crippen LogP contribution < -0.4 is 14.3 Å². The molecule has 11 heteroatoms. The lowest BCUT2D eigenvalue weighted by atomic mass is 9.82. The summed E-state index contributed by atoms with van der Waals surface area (Å²) in [6, 6.07) is 3.73. The second kappa shape index (κ2) is 8.23. The molecule has 0 amide bonds. The van der Waals surface area contributed by atoms with Crippen LogP contribution in [0.3, 0.4) is 0 Å². The zero-order chi connectivity index (χ0) is 19.6. The fourth-order valence-corrected chi connectivity index (χ4v) is 5.91. The molecular formula is C16H23N3O6S2. The minimum atomic E-state index is -3.90. The second-order valence-corrected chi connectivity index (χ2v) is 9.45. The van der Waals surface area contributed by atoms with Crippen molar-refractivity contribution in [2.24, 2.45) is 5.92 Å². The lowest BCUT2D eigenvalue weighted by Crippen LogP contribution is -2.35. The van der Waals surface area contributed by atoms with Crippen LogP contribution in [0, 0.1) is 5.92 Å². The van der Waals surface area contributed by atoms with Crippen molar-refractivity contribution in [2.45, 2.75) is 24.8 Å². The number of anilines is 1. The highest BCUT2D eigenvalue weighted by Crippen LogP contribution is 2.37. The fraction of sp³-hybridized carbons (Fsp3) is 0.562. The number of hydrogen-bond acceptors (Lipinski definition) is 6. The van der Waals surface area contributed by atoms with Gasteiger partial charge in [0.2, 0.25) is 0 Å². The predicted molar refractivity (Wildman–Crippen MR) is 101 cm³/mol. The third-order valence-corrected chi connectivity index (χ3v) is 7.21. The molecule has 0 bridgehead atoms. The Kier molecular flexibility index (Phi) is 6.16. The molecule has 2 aliphatic heterocycles. The molecule has 9 nitrogen and oxygen atoms in total. The average Bonchev–Trinajstić information content (AvgIpc) is 2.94.